The van der Waals surface area contributed by atoms with Gasteiger partial charge in [-0.25, -0.2) is 13.9 Å². The summed E-state index contributed by atoms with van der Waals surface area (Å²) >= 11 is 0. The lowest BCUT2D eigenvalue weighted by Gasteiger charge is -2.12. The van der Waals surface area contributed by atoms with Gasteiger partial charge in [-0.05, 0) is 48.9 Å². The van der Waals surface area contributed by atoms with Gasteiger partial charge in [0.1, 0.15) is 23.9 Å². The van der Waals surface area contributed by atoms with Gasteiger partial charge in [-0.2, -0.15) is 5.10 Å². The Morgan fingerprint density at radius 2 is 1.84 bits per heavy atom. The van der Waals surface area contributed by atoms with Crippen molar-refractivity contribution in [2.24, 2.45) is 0 Å². The molecule has 0 spiro atoms. The zero-order valence-corrected chi connectivity index (χ0v) is 21.2. The molecule has 0 radical (unpaired) electrons. The van der Waals surface area contributed by atoms with Crippen LogP contribution in [0.3, 0.4) is 0 Å². The SMILES string of the molecule is CC#C[C@@H](CC(=O)O)c1ccc(OCc2cc(-c3cc(OC)ccc3F)c3nc(C(C)C)nn3c2)cc1. The second-order valence-electron chi connectivity index (χ2n) is 8.90. The molecule has 7 nitrogen and oxygen atoms in total. The van der Waals surface area contributed by atoms with E-state index in [2.05, 4.69) is 21.9 Å². The first-order chi connectivity index (χ1) is 17.8. The fraction of sp³-hybridized carbons (Fsp3) is 0.276. The van der Waals surface area contributed by atoms with Crippen molar-refractivity contribution in [3.63, 3.8) is 0 Å². The Hall–Kier alpha value is -4.38. The van der Waals surface area contributed by atoms with E-state index < -0.39 is 11.8 Å². The Morgan fingerprint density at radius 3 is 2.49 bits per heavy atom. The summed E-state index contributed by atoms with van der Waals surface area (Å²) in [5, 5.41) is 13.8. The van der Waals surface area contributed by atoms with E-state index in [1.807, 2.05) is 38.2 Å². The minimum Gasteiger partial charge on any atom is -0.497 e. The number of benzene rings is 2. The molecular weight excluding hydrogens is 473 g/mol. The molecule has 190 valence electrons. The van der Waals surface area contributed by atoms with Crippen molar-refractivity contribution < 1.29 is 23.8 Å². The lowest BCUT2D eigenvalue weighted by molar-refractivity contribution is -0.137. The number of nitrogens with zero attached hydrogens (tertiary/aromatic N) is 3. The lowest BCUT2D eigenvalue weighted by atomic mass is 9.96. The van der Waals surface area contributed by atoms with Gasteiger partial charge in [-0.15, -0.1) is 5.92 Å². The summed E-state index contributed by atoms with van der Waals surface area (Å²) in [6.07, 6.45) is 1.75. The van der Waals surface area contributed by atoms with Crippen LogP contribution in [0.4, 0.5) is 4.39 Å². The Kier molecular flexibility index (Phi) is 7.73. The van der Waals surface area contributed by atoms with Gasteiger partial charge in [0.15, 0.2) is 11.5 Å². The van der Waals surface area contributed by atoms with E-state index in [0.717, 1.165) is 11.1 Å². The molecule has 1 N–H and O–H groups in total. The predicted molar refractivity (Wildman–Crippen MR) is 138 cm³/mol. The van der Waals surface area contributed by atoms with E-state index in [1.54, 1.807) is 35.7 Å². The molecule has 0 unspecified atom stereocenters. The van der Waals surface area contributed by atoms with Crippen LogP contribution in [0.5, 0.6) is 11.5 Å². The number of fused-ring (bicyclic) bond motifs is 1. The van der Waals surface area contributed by atoms with Crippen LogP contribution in [0.2, 0.25) is 0 Å². The zero-order chi connectivity index (χ0) is 26.5. The smallest absolute Gasteiger partial charge is 0.304 e. The van der Waals surface area contributed by atoms with Gasteiger partial charge in [0.25, 0.3) is 0 Å². The van der Waals surface area contributed by atoms with Crippen LogP contribution < -0.4 is 9.47 Å². The second kappa shape index (κ2) is 11.1. The second-order valence-corrected chi connectivity index (χ2v) is 8.90. The number of rotatable bonds is 9. The molecule has 0 aliphatic heterocycles. The monoisotopic (exact) mass is 501 g/mol. The first-order valence-corrected chi connectivity index (χ1v) is 11.9. The lowest BCUT2D eigenvalue weighted by Crippen LogP contribution is -2.05. The summed E-state index contributed by atoms with van der Waals surface area (Å²) in [4.78, 5) is 15.8. The summed E-state index contributed by atoms with van der Waals surface area (Å²) in [6.45, 7) is 5.90. The van der Waals surface area contributed by atoms with E-state index >= 15 is 0 Å². The molecule has 0 fully saturated rings. The maximum absolute atomic E-state index is 14.9. The van der Waals surface area contributed by atoms with Crippen molar-refractivity contribution in [3.8, 4) is 34.5 Å². The molecule has 0 saturated heterocycles. The van der Waals surface area contributed by atoms with Crippen LogP contribution >= 0.6 is 0 Å². The van der Waals surface area contributed by atoms with E-state index in [9.17, 15) is 9.18 Å². The van der Waals surface area contributed by atoms with Crippen LogP contribution in [0, 0.1) is 17.7 Å². The van der Waals surface area contributed by atoms with Gasteiger partial charge in [-0.3, -0.25) is 4.79 Å². The number of hydrogen-bond donors (Lipinski definition) is 1. The molecule has 0 aliphatic rings. The van der Waals surface area contributed by atoms with Crippen LogP contribution in [0.15, 0.2) is 54.7 Å². The van der Waals surface area contributed by atoms with Crippen molar-refractivity contribution in [2.45, 2.75) is 45.6 Å². The van der Waals surface area contributed by atoms with E-state index in [-0.39, 0.29) is 24.9 Å². The van der Waals surface area contributed by atoms with Gasteiger partial charge in [0, 0.05) is 28.8 Å². The van der Waals surface area contributed by atoms with E-state index in [4.69, 9.17) is 14.6 Å². The Balaban J connectivity index is 1.65. The van der Waals surface area contributed by atoms with Gasteiger partial charge in [0.2, 0.25) is 0 Å². The molecule has 1 atom stereocenters. The van der Waals surface area contributed by atoms with Crippen molar-refractivity contribution in [3.05, 3.63) is 77.5 Å². The number of halogens is 1. The van der Waals surface area contributed by atoms with Crippen molar-refractivity contribution in [2.75, 3.05) is 7.11 Å². The van der Waals surface area contributed by atoms with Crippen LogP contribution in [0.1, 0.15) is 56.0 Å². The van der Waals surface area contributed by atoms with Gasteiger partial charge < -0.3 is 14.6 Å². The summed E-state index contributed by atoms with van der Waals surface area (Å²) in [6, 6.07) is 13.6. The minimum absolute atomic E-state index is 0.0685. The number of hydrogen-bond acceptors (Lipinski definition) is 5. The highest BCUT2D eigenvalue weighted by molar-refractivity contribution is 5.79. The molecule has 2 aromatic carbocycles. The van der Waals surface area contributed by atoms with E-state index in [0.29, 0.717) is 34.1 Å². The largest absolute Gasteiger partial charge is 0.497 e. The standard InChI is InChI=1S/C29H28FN3O4/c1-5-6-21(14-27(34)35)20-7-9-22(10-8-20)37-17-19-13-25(24-15-23(36-4)11-12-26(24)30)29-31-28(18(2)3)32-33(29)16-19/h7-13,15-16,18,21H,14,17H2,1-4H3,(H,34,35)/t21-/m0/s1. The number of carbonyl (C=O) groups is 1. The number of aliphatic carboxylic acids is 1. The average Bonchev–Trinajstić information content (AvgIpc) is 3.32. The zero-order valence-electron chi connectivity index (χ0n) is 21.2. The third kappa shape index (κ3) is 5.89. The fourth-order valence-corrected chi connectivity index (χ4v) is 3.98. The van der Waals surface area contributed by atoms with Crippen molar-refractivity contribution >= 4 is 11.6 Å². The number of ether oxygens (including phenoxy) is 2. The number of methoxy groups -OCH3 is 1. The van der Waals surface area contributed by atoms with Crippen LogP contribution in [-0.2, 0) is 11.4 Å². The quantitative estimate of drug-likeness (QED) is 0.291. The number of pyridine rings is 1. The minimum atomic E-state index is -0.902. The third-order valence-electron chi connectivity index (χ3n) is 5.87. The van der Waals surface area contributed by atoms with Crippen LogP contribution in [-0.4, -0.2) is 32.8 Å². The van der Waals surface area contributed by atoms with Crippen LogP contribution in [0.25, 0.3) is 16.8 Å². The number of carboxylic acids is 1. The highest BCUT2D eigenvalue weighted by Gasteiger charge is 2.18. The summed E-state index contributed by atoms with van der Waals surface area (Å²) in [5.41, 5.74) is 3.08. The first kappa shape index (κ1) is 25.7. The highest BCUT2D eigenvalue weighted by atomic mass is 19.1. The molecule has 0 bridgehead atoms. The van der Waals surface area contributed by atoms with Crippen molar-refractivity contribution in [1.29, 1.82) is 0 Å². The molecule has 0 saturated carbocycles. The molecule has 37 heavy (non-hydrogen) atoms. The topological polar surface area (TPSA) is 86.0 Å². The Labute approximate surface area is 214 Å². The average molecular weight is 502 g/mol. The molecule has 0 aliphatic carbocycles. The maximum Gasteiger partial charge on any atom is 0.304 e. The molecular formula is C29H28FN3O4. The maximum atomic E-state index is 14.9. The summed E-state index contributed by atoms with van der Waals surface area (Å²) in [7, 11) is 1.54. The molecule has 4 aromatic rings. The fourth-order valence-electron chi connectivity index (χ4n) is 3.98. The van der Waals surface area contributed by atoms with Gasteiger partial charge >= 0.3 is 5.97 Å². The van der Waals surface area contributed by atoms with Gasteiger partial charge in [-0.1, -0.05) is 31.9 Å². The van der Waals surface area contributed by atoms with Gasteiger partial charge in [0.05, 0.1) is 19.4 Å². The third-order valence-corrected chi connectivity index (χ3v) is 5.87. The number of aromatic nitrogens is 3. The summed E-state index contributed by atoms with van der Waals surface area (Å²) < 4.78 is 27.9. The summed E-state index contributed by atoms with van der Waals surface area (Å²) in [5.74, 6) is 5.96. The molecule has 2 aromatic heterocycles. The number of carboxylic acid groups (broad SMARTS) is 1. The molecule has 2 heterocycles. The normalized spacial score (nSPS) is 11.7. The first-order valence-electron chi connectivity index (χ1n) is 11.9. The molecule has 0 amide bonds. The van der Waals surface area contributed by atoms with Crippen molar-refractivity contribution in [1.82, 2.24) is 14.6 Å². The van der Waals surface area contributed by atoms with E-state index in [1.165, 1.54) is 13.2 Å². The molecule has 8 heteroatoms. The molecule has 4 rings (SSSR count). The highest BCUT2D eigenvalue weighted by Crippen LogP contribution is 2.32. The predicted octanol–water partition coefficient (Wildman–Crippen LogP) is 5.83. The Bertz CT molecular complexity index is 1480. The Morgan fingerprint density at radius 1 is 1.11 bits per heavy atom.